The Kier molecular flexibility index (Phi) is 5.35. The number of anilines is 1. The van der Waals surface area contributed by atoms with E-state index in [0.29, 0.717) is 10.7 Å². The summed E-state index contributed by atoms with van der Waals surface area (Å²) in [7, 11) is 0. The lowest BCUT2D eigenvalue weighted by atomic mass is 10.0. The number of pyridine rings is 1. The molecule has 152 valence electrons. The SMILES string of the molecule is Cc1ccn2c(CC(=O)Nc3ccc(C)c(Cl)c3)c(-c3ccc(C)c(C)c3)nc2c1. The zero-order chi connectivity index (χ0) is 21.4. The Balaban J connectivity index is 1.73. The van der Waals surface area contributed by atoms with Crippen LogP contribution in [-0.4, -0.2) is 15.3 Å². The molecule has 0 aliphatic carbocycles. The number of hydrogen-bond donors (Lipinski definition) is 1. The molecule has 0 spiro atoms. The van der Waals surface area contributed by atoms with Gasteiger partial charge in [-0.1, -0.05) is 29.8 Å². The first-order valence-electron chi connectivity index (χ1n) is 9.93. The molecule has 0 saturated carbocycles. The number of halogens is 1. The maximum absolute atomic E-state index is 12.9. The van der Waals surface area contributed by atoms with Gasteiger partial charge in [0.1, 0.15) is 5.65 Å². The van der Waals surface area contributed by atoms with Gasteiger partial charge in [-0.05, 0) is 80.3 Å². The van der Waals surface area contributed by atoms with Crippen LogP contribution in [0.1, 0.15) is 27.9 Å². The topological polar surface area (TPSA) is 46.4 Å². The number of carbonyl (C=O) groups excluding carboxylic acids is 1. The van der Waals surface area contributed by atoms with Crippen molar-refractivity contribution in [2.45, 2.75) is 34.1 Å². The molecule has 1 amide bonds. The van der Waals surface area contributed by atoms with E-state index in [4.69, 9.17) is 16.6 Å². The lowest BCUT2D eigenvalue weighted by molar-refractivity contribution is -0.115. The Bertz CT molecular complexity index is 1270. The molecule has 4 aromatic rings. The maximum atomic E-state index is 12.9. The second-order valence-electron chi connectivity index (χ2n) is 7.83. The average molecular weight is 418 g/mol. The molecule has 2 heterocycles. The van der Waals surface area contributed by atoms with E-state index in [1.54, 1.807) is 6.07 Å². The first-order chi connectivity index (χ1) is 14.3. The summed E-state index contributed by atoms with van der Waals surface area (Å²) in [6, 6.07) is 15.9. The molecule has 2 aromatic carbocycles. The summed E-state index contributed by atoms with van der Waals surface area (Å²) in [5, 5.41) is 3.59. The van der Waals surface area contributed by atoms with Gasteiger partial charge in [0, 0.05) is 22.5 Å². The molecule has 0 atom stereocenters. The van der Waals surface area contributed by atoms with Crippen molar-refractivity contribution in [3.05, 3.63) is 87.7 Å². The van der Waals surface area contributed by atoms with E-state index < -0.39 is 0 Å². The van der Waals surface area contributed by atoms with Crippen molar-refractivity contribution in [3.63, 3.8) is 0 Å². The fraction of sp³-hybridized carbons (Fsp3) is 0.200. The van der Waals surface area contributed by atoms with Crippen LogP contribution >= 0.6 is 11.6 Å². The summed E-state index contributed by atoms with van der Waals surface area (Å²) >= 11 is 6.20. The van der Waals surface area contributed by atoms with E-state index >= 15 is 0 Å². The van der Waals surface area contributed by atoms with Crippen LogP contribution in [0, 0.1) is 27.7 Å². The normalized spacial score (nSPS) is 11.1. The first kappa shape index (κ1) is 20.2. The van der Waals surface area contributed by atoms with Crippen molar-refractivity contribution >= 4 is 28.8 Å². The predicted octanol–water partition coefficient (Wildman–Crippen LogP) is 6.07. The maximum Gasteiger partial charge on any atom is 0.230 e. The minimum absolute atomic E-state index is 0.109. The third-order valence-corrected chi connectivity index (χ3v) is 5.85. The van der Waals surface area contributed by atoms with Gasteiger partial charge < -0.3 is 9.72 Å². The molecule has 1 N–H and O–H groups in total. The Labute approximate surface area is 181 Å². The van der Waals surface area contributed by atoms with Crippen LogP contribution in [0.2, 0.25) is 5.02 Å². The van der Waals surface area contributed by atoms with Crippen LogP contribution in [0.5, 0.6) is 0 Å². The smallest absolute Gasteiger partial charge is 0.230 e. The molecule has 0 aliphatic heterocycles. The highest BCUT2D eigenvalue weighted by Gasteiger charge is 2.18. The number of carbonyl (C=O) groups is 1. The summed E-state index contributed by atoms with van der Waals surface area (Å²) in [6.07, 6.45) is 2.19. The third kappa shape index (κ3) is 3.96. The predicted molar refractivity (Wildman–Crippen MR) is 123 cm³/mol. The highest BCUT2D eigenvalue weighted by Crippen LogP contribution is 2.28. The molecule has 2 aromatic heterocycles. The summed E-state index contributed by atoms with van der Waals surface area (Å²) < 4.78 is 2.00. The molecule has 4 nitrogen and oxygen atoms in total. The third-order valence-electron chi connectivity index (χ3n) is 5.44. The molecule has 5 heteroatoms. The minimum Gasteiger partial charge on any atom is -0.326 e. The van der Waals surface area contributed by atoms with E-state index in [1.807, 2.05) is 48.7 Å². The van der Waals surface area contributed by atoms with E-state index in [2.05, 4.69) is 37.4 Å². The van der Waals surface area contributed by atoms with Gasteiger partial charge >= 0.3 is 0 Å². The van der Waals surface area contributed by atoms with Crippen LogP contribution < -0.4 is 5.32 Å². The molecule has 0 radical (unpaired) electrons. The van der Waals surface area contributed by atoms with Crippen LogP contribution in [0.4, 0.5) is 5.69 Å². The molecule has 0 bridgehead atoms. The molecule has 0 aliphatic rings. The highest BCUT2D eigenvalue weighted by molar-refractivity contribution is 6.31. The Morgan fingerprint density at radius 3 is 2.47 bits per heavy atom. The van der Waals surface area contributed by atoms with Crippen LogP contribution in [0.3, 0.4) is 0 Å². The van der Waals surface area contributed by atoms with Gasteiger partial charge in [0.25, 0.3) is 0 Å². The number of imidazole rings is 1. The number of nitrogens with zero attached hydrogens (tertiary/aromatic N) is 2. The number of rotatable bonds is 4. The zero-order valence-corrected chi connectivity index (χ0v) is 18.3. The number of nitrogens with one attached hydrogen (secondary N) is 1. The lowest BCUT2D eigenvalue weighted by Crippen LogP contribution is -2.16. The zero-order valence-electron chi connectivity index (χ0n) is 17.6. The monoisotopic (exact) mass is 417 g/mol. The molecular weight excluding hydrogens is 394 g/mol. The fourth-order valence-corrected chi connectivity index (χ4v) is 3.69. The van der Waals surface area contributed by atoms with Crippen LogP contribution in [-0.2, 0) is 11.2 Å². The van der Waals surface area contributed by atoms with Crippen molar-refractivity contribution in [2.24, 2.45) is 0 Å². The van der Waals surface area contributed by atoms with Gasteiger partial charge in [-0.25, -0.2) is 4.98 Å². The van der Waals surface area contributed by atoms with Gasteiger partial charge in [0.15, 0.2) is 0 Å². The van der Waals surface area contributed by atoms with Gasteiger partial charge in [0.2, 0.25) is 5.91 Å². The number of aryl methyl sites for hydroxylation is 4. The molecule has 4 rings (SSSR count). The lowest BCUT2D eigenvalue weighted by Gasteiger charge is -2.09. The number of fused-ring (bicyclic) bond motifs is 1. The quantitative estimate of drug-likeness (QED) is 0.438. The van der Waals surface area contributed by atoms with Gasteiger partial charge in [-0.15, -0.1) is 0 Å². The van der Waals surface area contributed by atoms with Crippen molar-refractivity contribution < 1.29 is 4.79 Å². The molecular formula is C25H24ClN3O. The van der Waals surface area contributed by atoms with Crippen molar-refractivity contribution in [3.8, 4) is 11.3 Å². The van der Waals surface area contributed by atoms with Crippen molar-refractivity contribution in [1.29, 1.82) is 0 Å². The summed E-state index contributed by atoms with van der Waals surface area (Å²) in [4.78, 5) is 17.8. The molecule has 30 heavy (non-hydrogen) atoms. The minimum atomic E-state index is -0.109. The van der Waals surface area contributed by atoms with E-state index in [1.165, 1.54) is 11.1 Å². The summed E-state index contributed by atoms with van der Waals surface area (Å²) in [6.45, 7) is 8.15. The largest absolute Gasteiger partial charge is 0.326 e. The van der Waals surface area contributed by atoms with E-state index in [9.17, 15) is 4.79 Å². The van der Waals surface area contributed by atoms with E-state index in [-0.39, 0.29) is 12.3 Å². The second-order valence-corrected chi connectivity index (χ2v) is 8.23. The highest BCUT2D eigenvalue weighted by atomic mass is 35.5. The second kappa shape index (κ2) is 7.96. The van der Waals surface area contributed by atoms with Crippen molar-refractivity contribution in [1.82, 2.24) is 9.38 Å². The number of aromatic nitrogens is 2. The van der Waals surface area contributed by atoms with Crippen LogP contribution in [0.15, 0.2) is 54.7 Å². The first-order valence-corrected chi connectivity index (χ1v) is 10.3. The number of amides is 1. The number of hydrogen-bond acceptors (Lipinski definition) is 2. The Morgan fingerprint density at radius 1 is 0.967 bits per heavy atom. The molecule has 0 unspecified atom stereocenters. The van der Waals surface area contributed by atoms with Gasteiger partial charge in [-0.2, -0.15) is 0 Å². The van der Waals surface area contributed by atoms with Crippen molar-refractivity contribution in [2.75, 3.05) is 5.32 Å². The Morgan fingerprint density at radius 2 is 1.73 bits per heavy atom. The van der Waals surface area contributed by atoms with Crippen LogP contribution in [0.25, 0.3) is 16.9 Å². The average Bonchev–Trinajstić information content (AvgIpc) is 3.04. The Hall–Kier alpha value is -3.11. The summed E-state index contributed by atoms with van der Waals surface area (Å²) in [5.74, 6) is -0.109. The summed E-state index contributed by atoms with van der Waals surface area (Å²) in [5.41, 5.74) is 8.77. The van der Waals surface area contributed by atoms with Gasteiger partial charge in [0.05, 0.1) is 17.8 Å². The van der Waals surface area contributed by atoms with Gasteiger partial charge in [-0.3, -0.25) is 4.79 Å². The van der Waals surface area contributed by atoms with E-state index in [0.717, 1.165) is 33.7 Å². The standard InChI is InChI=1S/C25H24ClN3O/c1-15-9-10-29-22(14-24(30)27-20-8-6-17(3)21(26)13-20)25(28-23(29)11-15)19-7-5-16(2)18(4)12-19/h5-13H,14H2,1-4H3,(H,27,30). The number of benzene rings is 2. The molecule has 0 saturated heterocycles. The molecule has 0 fully saturated rings. The fourth-order valence-electron chi connectivity index (χ4n) is 3.51.